The van der Waals surface area contributed by atoms with Crippen LogP contribution in [0.15, 0.2) is 36.4 Å². The van der Waals surface area contributed by atoms with Crippen molar-refractivity contribution in [3.63, 3.8) is 0 Å². The van der Waals surface area contributed by atoms with E-state index in [1.54, 1.807) is 0 Å². The first-order valence-corrected chi connectivity index (χ1v) is 4.57. The minimum absolute atomic E-state index is 0. The number of rotatable bonds is 4. The van der Waals surface area contributed by atoms with E-state index in [9.17, 15) is 4.39 Å². The number of halogens is 1. The maximum Gasteiger partial charge on any atom is 0.123 e. The normalized spacial score (nSPS) is 9.29. The maximum absolute atomic E-state index is 12.5. The fraction of sp³-hybridized carbons (Fsp3) is 0.385. The number of hydrogen-bond donors (Lipinski definition) is 0. The third-order valence-electron chi connectivity index (χ3n) is 1.98. The van der Waals surface area contributed by atoms with E-state index in [4.69, 9.17) is 0 Å². The summed E-state index contributed by atoms with van der Waals surface area (Å²) in [5.74, 6) is -0.163. The molecule has 0 aliphatic rings. The van der Waals surface area contributed by atoms with Crippen molar-refractivity contribution in [2.24, 2.45) is 0 Å². The van der Waals surface area contributed by atoms with Crippen LogP contribution in [-0.4, -0.2) is 0 Å². The van der Waals surface area contributed by atoms with Gasteiger partial charge >= 0.3 is 0 Å². The Morgan fingerprint density at radius 2 is 1.86 bits per heavy atom. The molecule has 0 saturated carbocycles. The second-order valence-corrected chi connectivity index (χ2v) is 3.44. The van der Waals surface area contributed by atoms with E-state index in [-0.39, 0.29) is 13.2 Å². The lowest BCUT2D eigenvalue weighted by Crippen LogP contribution is -1.86. The molecule has 14 heavy (non-hydrogen) atoms. The Balaban J connectivity index is 0.00000169. The van der Waals surface area contributed by atoms with E-state index in [1.165, 1.54) is 23.3 Å². The van der Waals surface area contributed by atoms with Crippen molar-refractivity contribution < 1.29 is 4.39 Å². The van der Waals surface area contributed by atoms with Crippen molar-refractivity contribution in [3.05, 3.63) is 47.8 Å². The van der Waals surface area contributed by atoms with Gasteiger partial charge in [0.1, 0.15) is 5.82 Å². The summed E-state index contributed by atoms with van der Waals surface area (Å²) < 4.78 is 12.5. The molecule has 1 heteroatoms. The van der Waals surface area contributed by atoms with Crippen molar-refractivity contribution in [1.82, 2.24) is 0 Å². The van der Waals surface area contributed by atoms with Crippen molar-refractivity contribution in [1.29, 1.82) is 0 Å². The van der Waals surface area contributed by atoms with Crippen LogP contribution in [0.5, 0.6) is 0 Å². The Hall–Kier alpha value is -1.11. The average molecular weight is 194 g/mol. The molecule has 0 atom stereocenters. The van der Waals surface area contributed by atoms with E-state index >= 15 is 0 Å². The molecule has 0 fully saturated rings. The van der Waals surface area contributed by atoms with Crippen molar-refractivity contribution in [3.8, 4) is 0 Å². The molecule has 0 saturated heterocycles. The molecule has 0 aliphatic carbocycles. The molecule has 0 bridgehead atoms. The molecule has 0 amide bonds. The Kier molecular flexibility index (Phi) is 5.86. The minimum atomic E-state index is -0.163. The quantitative estimate of drug-likeness (QED) is 0.625. The largest absolute Gasteiger partial charge is 0.207 e. The van der Waals surface area contributed by atoms with E-state index in [0.717, 1.165) is 19.3 Å². The summed E-state index contributed by atoms with van der Waals surface area (Å²) in [7, 11) is 0. The molecule has 0 heterocycles. The molecule has 0 nitrogen and oxygen atoms in total. The molecule has 1 rings (SSSR count). The van der Waals surface area contributed by atoms with Crippen LogP contribution in [0.1, 0.15) is 32.8 Å². The van der Waals surface area contributed by atoms with Crippen molar-refractivity contribution >= 4 is 0 Å². The van der Waals surface area contributed by atoms with Crippen LogP contribution in [0.4, 0.5) is 4.39 Å². The molecule has 78 valence electrons. The highest BCUT2D eigenvalue weighted by atomic mass is 19.1. The molecule has 0 aromatic heterocycles. The summed E-state index contributed by atoms with van der Waals surface area (Å²) in [5.41, 5.74) is 2.41. The summed E-state index contributed by atoms with van der Waals surface area (Å²) in [5, 5.41) is 0. The first-order chi connectivity index (χ1) is 6.18. The predicted octanol–water partition coefficient (Wildman–Crippen LogP) is 4.36. The van der Waals surface area contributed by atoms with Crippen LogP contribution >= 0.6 is 0 Å². The van der Waals surface area contributed by atoms with Gasteiger partial charge in [-0.1, -0.05) is 25.1 Å². The zero-order valence-electron chi connectivity index (χ0n) is 8.02. The number of hydrogen-bond acceptors (Lipinski definition) is 0. The number of aryl methyl sites for hydroxylation is 1. The molecule has 0 spiro atoms. The molecule has 0 N–H and O–H groups in total. The summed E-state index contributed by atoms with van der Waals surface area (Å²) in [6.45, 7) is 5.87. The van der Waals surface area contributed by atoms with Crippen LogP contribution in [-0.2, 0) is 6.42 Å². The van der Waals surface area contributed by atoms with Gasteiger partial charge in [-0.25, -0.2) is 4.39 Å². The Morgan fingerprint density at radius 3 is 2.36 bits per heavy atom. The monoisotopic (exact) mass is 194 g/mol. The summed E-state index contributed by atoms with van der Waals surface area (Å²) in [4.78, 5) is 0. The molecule has 1 aromatic carbocycles. The summed E-state index contributed by atoms with van der Waals surface area (Å²) >= 11 is 0. The minimum Gasteiger partial charge on any atom is -0.207 e. The SMILES string of the molecule is C.C=C(C)CCCc1ccc(F)cc1. The summed E-state index contributed by atoms with van der Waals surface area (Å²) in [6, 6.07) is 6.70. The van der Waals surface area contributed by atoms with Crippen LogP contribution in [0.25, 0.3) is 0 Å². The van der Waals surface area contributed by atoms with E-state index < -0.39 is 0 Å². The van der Waals surface area contributed by atoms with Crippen molar-refractivity contribution in [2.45, 2.75) is 33.6 Å². The average Bonchev–Trinajstić information content (AvgIpc) is 2.08. The van der Waals surface area contributed by atoms with Gasteiger partial charge in [-0.05, 0) is 43.9 Å². The van der Waals surface area contributed by atoms with Crippen LogP contribution in [0.3, 0.4) is 0 Å². The molecule has 0 radical (unpaired) electrons. The van der Waals surface area contributed by atoms with Gasteiger partial charge in [0.15, 0.2) is 0 Å². The number of allylic oxidation sites excluding steroid dienone is 1. The molecular formula is C13H19F. The fourth-order valence-electron chi connectivity index (χ4n) is 1.25. The van der Waals surface area contributed by atoms with Crippen LogP contribution in [0.2, 0.25) is 0 Å². The third kappa shape index (κ3) is 4.80. The summed E-state index contributed by atoms with van der Waals surface area (Å²) in [6.07, 6.45) is 3.16. The number of benzene rings is 1. The zero-order chi connectivity index (χ0) is 9.68. The van der Waals surface area contributed by atoms with Gasteiger partial charge in [-0.3, -0.25) is 0 Å². The highest BCUT2D eigenvalue weighted by Gasteiger charge is 1.94. The van der Waals surface area contributed by atoms with Gasteiger partial charge in [0.05, 0.1) is 0 Å². The first-order valence-electron chi connectivity index (χ1n) is 4.57. The lowest BCUT2D eigenvalue weighted by Gasteiger charge is -2.00. The van der Waals surface area contributed by atoms with E-state index in [2.05, 4.69) is 6.58 Å². The zero-order valence-corrected chi connectivity index (χ0v) is 8.02. The fourth-order valence-corrected chi connectivity index (χ4v) is 1.25. The lowest BCUT2D eigenvalue weighted by atomic mass is 10.1. The van der Waals surface area contributed by atoms with Crippen molar-refractivity contribution in [2.75, 3.05) is 0 Å². The standard InChI is InChI=1S/C12H15F.CH4/c1-10(2)4-3-5-11-6-8-12(13)9-7-11;/h6-9H,1,3-5H2,2H3;1H4. The Morgan fingerprint density at radius 1 is 1.29 bits per heavy atom. The van der Waals surface area contributed by atoms with Gasteiger partial charge in [0, 0.05) is 0 Å². The van der Waals surface area contributed by atoms with Gasteiger partial charge in [-0.2, -0.15) is 0 Å². The molecular weight excluding hydrogens is 175 g/mol. The van der Waals surface area contributed by atoms with E-state index in [0.29, 0.717) is 0 Å². The molecule has 1 aromatic rings. The van der Waals surface area contributed by atoms with Gasteiger partial charge in [-0.15, -0.1) is 6.58 Å². The first kappa shape index (κ1) is 12.9. The highest BCUT2D eigenvalue weighted by molar-refractivity contribution is 5.16. The molecule has 0 aliphatic heterocycles. The molecule has 0 unspecified atom stereocenters. The predicted molar refractivity (Wildman–Crippen MR) is 60.9 cm³/mol. The van der Waals surface area contributed by atoms with E-state index in [1.807, 2.05) is 19.1 Å². The maximum atomic E-state index is 12.5. The lowest BCUT2D eigenvalue weighted by molar-refractivity contribution is 0.626. The smallest absolute Gasteiger partial charge is 0.123 e. The van der Waals surface area contributed by atoms with Gasteiger partial charge in [0.2, 0.25) is 0 Å². The highest BCUT2D eigenvalue weighted by Crippen LogP contribution is 2.09. The topological polar surface area (TPSA) is 0 Å². The second-order valence-electron chi connectivity index (χ2n) is 3.44. The Labute approximate surface area is 86.5 Å². The van der Waals surface area contributed by atoms with Gasteiger partial charge < -0.3 is 0 Å². The third-order valence-corrected chi connectivity index (χ3v) is 1.98. The second kappa shape index (κ2) is 6.36. The Bertz CT molecular complexity index is 272. The van der Waals surface area contributed by atoms with Crippen LogP contribution in [0, 0.1) is 5.82 Å². The van der Waals surface area contributed by atoms with Gasteiger partial charge in [0.25, 0.3) is 0 Å². The van der Waals surface area contributed by atoms with Crippen LogP contribution < -0.4 is 0 Å².